The fraction of sp³-hybridized carbons (Fsp3) is 0.250. The summed E-state index contributed by atoms with van der Waals surface area (Å²) >= 11 is 6.04. The third kappa shape index (κ3) is 3.06. The second-order valence-corrected chi connectivity index (χ2v) is 5.01. The van der Waals surface area contributed by atoms with Crippen molar-refractivity contribution in [3.05, 3.63) is 59.1 Å². The number of benzene rings is 2. The van der Waals surface area contributed by atoms with Gasteiger partial charge in [0.1, 0.15) is 5.75 Å². The van der Waals surface area contributed by atoms with Gasteiger partial charge < -0.3 is 15.7 Å². The number of phenols is 1. The standard InChI is InChI=1S/C16H19ClN2O/c1-2-19(13-6-4-3-5-7-13)15(11-18)14-10-12(17)8-9-16(14)20/h3-10,15,20H,2,11,18H2,1H3. The van der Waals surface area contributed by atoms with E-state index in [1.807, 2.05) is 30.3 Å². The van der Waals surface area contributed by atoms with Crippen LogP contribution in [-0.4, -0.2) is 18.2 Å². The molecule has 20 heavy (non-hydrogen) atoms. The summed E-state index contributed by atoms with van der Waals surface area (Å²) < 4.78 is 0. The SMILES string of the molecule is CCN(c1ccccc1)C(CN)c1cc(Cl)ccc1O. The van der Waals surface area contributed by atoms with Crippen LogP contribution in [0.1, 0.15) is 18.5 Å². The van der Waals surface area contributed by atoms with Crippen LogP contribution in [0.15, 0.2) is 48.5 Å². The molecule has 0 aliphatic heterocycles. The largest absolute Gasteiger partial charge is 0.508 e. The minimum Gasteiger partial charge on any atom is -0.508 e. The number of nitrogens with zero attached hydrogens (tertiary/aromatic N) is 1. The number of aromatic hydroxyl groups is 1. The monoisotopic (exact) mass is 290 g/mol. The van der Waals surface area contributed by atoms with Crippen molar-refractivity contribution in [1.29, 1.82) is 0 Å². The summed E-state index contributed by atoms with van der Waals surface area (Å²) in [5.74, 6) is 0.222. The van der Waals surface area contributed by atoms with E-state index >= 15 is 0 Å². The zero-order chi connectivity index (χ0) is 14.5. The third-order valence-electron chi connectivity index (χ3n) is 3.38. The Labute approximate surface area is 124 Å². The van der Waals surface area contributed by atoms with Gasteiger partial charge in [0.2, 0.25) is 0 Å². The van der Waals surface area contributed by atoms with Crippen molar-refractivity contribution in [2.45, 2.75) is 13.0 Å². The quantitative estimate of drug-likeness (QED) is 0.885. The van der Waals surface area contributed by atoms with Gasteiger partial charge in [0.25, 0.3) is 0 Å². The van der Waals surface area contributed by atoms with Crippen LogP contribution in [0.25, 0.3) is 0 Å². The first-order valence-corrected chi connectivity index (χ1v) is 7.05. The highest BCUT2D eigenvalue weighted by atomic mass is 35.5. The summed E-state index contributed by atoms with van der Waals surface area (Å²) in [6.07, 6.45) is 0. The van der Waals surface area contributed by atoms with Gasteiger partial charge in [0.05, 0.1) is 6.04 Å². The van der Waals surface area contributed by atoms with E-state index in [2.05, 4.69) is 11.8 Å². The van der Waals surface area contributed by atoms with E-state index in [4.69, 9.17) is 17.3 Å². The molecule has 3 N–H and O–H groups in total. The van der Waals surface area contributed by atoms with Gasteiger partial charge in [0, 0.05) is 29.4 Å². The molecule has 0 spiro atoms. The number of nitrogens with two attached hydrogens (primary N) is 1. The average Bonchev–Trinajstić information content (AvgIpc) is 2.48. The number of para-hydroxylation sites is 1. The predicted molar refractivity (Wildman–Crippen MR) is 84.4 cm³/mol. The molecule has 2 aromatic carbocycles. The zero-order valence-electron chi connectivity index (χ0n) is 11.5. The third-order valence-corrected chi connectivity index (χ3v) is 3.61. The van der Waals surface area contributed by atoms with Crippen molar-refractivity contribution in [2.75, 3.05) is 18.0 Å². The van der Waals surface area contributed by atoms with Gasteiger partial charge in [0.15, 0.2) is 0 Å². The Morgan fingerprint density at radius 3 is 2.50 bits per heavy atom. The Morgan fingerprint density at radius 2 is 1.90 bits per heavy atom. The molecule has 1 atom stereocenters. The Hall–Kier alpha value is -1.71. The fourth-order valence-corrected chi connectivity index (χ4v) is 2.60. The van der Waals surface area contributed by atoms with Crippen molar-refractivity contribution in [2.24, 2.45) is 5.73 Å². The van der Waals surface area contributed by atoms with Gasteiger partial charge in [-0.3, -0.25) is 0 Å². The Kier molecular flexibility index (Phi) is 4.88. The number of anilines is 1. The number of halogens is 1. The first-order valence-electron chi connectivity index (χ1n) is 6.67. The molecule has 1 unspecified atom stereocenters. The van der Waals surface area contributed by atoms with E-state index in [9.17, 15) is 5.11 Å². The highest BCUT2D eigenvalue weighted by Crippen LogP contribution is 2.33. The lowest BCUT2D eigenvalue weighted by Gasteiger charge is -2.32. The van der Waals surface area contributed by atoms with Crippen molar-refractivity contribution in [3.8, 4) is 5.75 Å². The summed E-state index contributed by atoms with van der Waals surface area (Å²) in [5.41, 5.74) is 7.77. The Bertz CT molecular complexity index is 560. The van der Waals surface area contributed by atoms with Crippen LogP contribution in [0.4, 0.5) is 5.69 Å². The van der Waals surface area contributed by atoms with Gasteiger partial charge in [-0.05, 0) is 37.3 Å². The average molecular weight is 291 g/mol. The number of phenolic OH excluding ortho intramolecular Hbond substituents is 1. The van der Waals surface area contributed by atoms with Crippen LogP contribution in [0.2, 0.25) is 5.02 Å². The van der Waals surface area contributed by atoms with Gasteiger partial charge in [-0.25, -0.2) is 0 Å². The van der Waals surface area contributed by atoms with Crippen LogP contribution in [-0.2, 0) is 0 Å². The maximum atomic E-state index is 10.1. The number of hydrogen-bond acceptors (Lipinski definition) is 3. The molecular weight excluding hydrogens is 272 g/mol. The molecule has 0 bridgehead atoms. The Balaban J connectivity index is 2.42. The maximum absolute atomic E-state index is 10.1. The molecule has 2 rings (SSSR count). The fourth-order valence-electron chi connectivity index (χ4n) is 2.42. The summed E-state index contributed by atoms with van der Waals surface area (Å²) in [7, 11) is 0. The summed E-state index contributed by atoms with van der Waals surface area (Å²) in [6, 6.07) is 15.0. The van der Waals surface area contributed by atoms with Crippen LogP contribution >= 0.6 is 11.6 Å². The van der Waals surface area contributed by atoms with Crippen molar-refractivity contribution in [3.63, 3.8) is 0 Å². The molecule has 0 saturated carbocycles. The van der Waals surface area contributed by atoms with Gasteiger partial charge in [-0.1, -0.05) is 29.8 Å². The van der Waals surface area contributed by atoms with Crippen LogP contribution in [0.3, 0.4) is 0 Å². The summed E-state index contributed by atoms with van der Waals surface area (Å²) in [5, 5.41) is 10.7. The topological polar surface area (TPSA) is 49.5 Å². The molecule has 0 aliphatic carbocycles. The van der Waals surface area contributed by atoms with Crippen LogP contribution in [0, 0.1) is 0 Å². The number of hydrogen-bond donors (Lipinski definition) is 2. The van der Waals surface area contributed by atoms with E-state index in [0.717, 1.165) is 17.8 Å². The highest BCUT2D eigenvalue weighted by molar-refractivity contribution is 6.30. The zero-order valence-corrected chi connectivity index (χ0v) is 12.2. The second-order valence-electron chi connectivity index (χ2n) is 4.58. The maximum Gasteiger partial charge on any atom is 0.121 e. The van der Waals surface area contributed by atoms with E-state index < -0.39 is 0 Å². The molecule has 0 fully saturated rings. The second kappa shape index (κ2) is 6.64. The Morgan fingerprint density at radius 1 is 1.20 bits per heavy atom. The number of rotatable bonds is 5. The minimum atomic E-state index is -0.110. The van der Waals surface area contributed by atoms with Gasteiger partial charge in [-0.2, -0.15) is 0 Å². The van der Waals surface area contributed by atoms with Crippen LogP contribution < -0.4 is 10.6 Å². The van der Waals surface area contributed by atoms with E-state index in [1.165, 1.54) is 0 Å². The number of likely N-dealkylation sites (N-methyl/N-ethyl adjacent to an activating group) is 1. The molecular formula is C16H19ClN2O. The molecule has 0 aromatic heterocycles. The minimum absolute atomic E-state index is 0.110. The smallest absolute Gasteiger partial charge is 0.121 e. The first-order chi connectivity index (χ1) is 9.67. The first kappa shape index (κ1) is 14.7. The van der Waals surface area contributed by atoms with Crippen LogP contribution in [0.5, 0.6) is 5.75 Å². The molecule has 106 valence electrons. The molecule has 4 heteroatoms. The van der Waals surface area contributed by atoms with E-state index in [0.29, 0.717) is 11.6 Å². The lowest BCUT2D eigenvalue weighted by atomic mass is 10.0. The van der Waals surface area contributed by atoms with Crippen molar-refractivity contribution < 1.29 is 5.11 Å². The highest BCUT2D eigenvalue weighted by Gasteiger charge is 2.21. The van der Waals surface area contributed by atoms with Crippen molar-refractivity contribution >= 4 is 17.3 Å². The molecule has 0 heterocycles. The van der Waals surface area contributed by atoms with Gasteiger partial charge >= 0.3 is 0 Å². The molecule has 3 nitrogen and oxygen atoms in total. The molecule has 0 amide bonds. The molecule has 0 aliphatic rings. The predicted octanol–water partition coefficient (Wildman–Crippen LogP) is 3.57. The van der Waals surface area contributed by atoms with Gasteiger partial charge in [-0.15, -0.1) is 0 Å². The molecule has 2 aromatic rings. The van der Waals surface area contributed by atoms with E-state index in [-0.39, 0.29) is 11.8 Å². The normalized spacial score (nSPS) is 12.2. The lowest BCUT2D eigenvalue weighted by Crippen LogP contribution is -2.33. The lowest BCUT2D eigenvalue weighted by molar-refractivity contribution is 0.458. The van der Waals surface area contributed by atoms with E-state index in [1.54, 1.807) is 18.2 Å². The molecule has 0 radical (unpaired) electrons. The van der Waals surface area contributed by atoms with Crippen molar-refractivity contribution in [1.82, 2.24) is 0 Å². The summed E-state index contributed by atoms with van der Waals surface area (Å²) in [4.78, 5) is 2.16. The summed E-state index contributed by atoms with van der Waals surface area (Å²) in [6.45, 7) is 3.26. The molecule has 0 saturated heterocycles.